The molecule has 1 aliphatic heterocycles. The number of hydrogen-bond donors (Lipinski definition) is 1. The molecule has 43 heavy (non-hydrogen) atoms. The van der Waals surface area contributed by atoms with E-state index in [4.69, 9.17) is 18.9 Å². The summed E-state index contributed by atoms with van der Waals surface area (Å²) < 4.78 is 19.5. The lowest BCUT2D eigenvalue weighted by Crippen LogP contribution is -2.40. The first-order valence-corrected chi connectivity index (χ1v) is 15.3. The van der Waals surface area contributed by atoms with Gasteiger partial charge in [0.25, 0.3) is 5.56 Å². The van der Waals surface area contributed by atoms with Crippen molar-refractivity contribution in [3.05, 3.63) is 106 Å². The van der Waals surface area contributed by atoms with Gasteiger partial charge >= 0.3 is 11.9 Å². The maximum Gasteiger partial charge on any atom is 0.338 e. The van der Waals surface area contributed by atoms with Crippen LogP contribution >= 0.6 is 27.3 Å². The first kappa shape index (κ1) is 30.2. The summed E-state index contributed by atoms with van der Waals surface area (Å²) >= 11 is 4.74. The van der Waals surface area contributed by atoms with Crippen molar-refractivity contribution in [2.24, 2.45) is 4.99 Å². The zero-order chi connectivity index (χ0) is 30.8. The van der Waals surface area contributed by atoms with Gasteiger partial charge in [-0.2, -0.15) is 0 Å². The van der Waals surface area contributed by atoms with Gasteiger partial charge in [0.1, 0.15) is 17.3 Å². The lowest BCUT2D eigenvalue weighted by atomic mass is 9.94. The predicted molar refractivity (Wildman–Crippen MR) is 166 cm³/mol. The van der Waals surface area contributed by atoms with Crippen LogP contribution in [0, 0.1) is 6.92 Å². The number of fused-ring (bicyclic) bond motifs is 1. The largest absolute Gasteiger partial charge is 0.496 e. The number of methoxy groups -OCH3 is 1. The van der Waals surface area contributed by atoms with E-state index < -0.39 is 18.0 Å². The van der Waals surface area contributed by atoms with Crippen molar-refractivity contribution >= 4 is 45.3 Å². The average Bonchev–Trinajstić information content (AvgIpc) is 3.56. The quantitative estimate of drug-likeness (QED) is 0.231. The van der Waals surface area contributed by atoms with Crippen LogP contribution in [0.15, 0.2) is 78.5 Å². The number of carboxylic acid groups (broad SMARTS) is 1. The number of carboxylic acids is 1. The highest BCUT2D eigenvalue weighted by atomic mass is 79.9. The molecule has 0 bridgehead atoms. The molecule has 4 aromatic rings. The molecule has 2 aromatic carbocycles. The van der Waals surface area contributed by atoms with Crippen LogP contribution < -0.4 is 19.6 Å². The van der Waals surface area contributed by atoms with E-state index in [9.17, 15) is 19.5 Å². The normalized spacial score (nSPS) is 14.8. The molecular weight excluding hydrogens is 636 g/mol. The van der Waals surface area contributed by atoms with Crippen LogP contribution in [0.4, 0.5) is 0 Å². The Morgan fingerprint density at radius 2 is 1.98 bits per heavy atom. The molecule has 0 saturated carbocycles. The smallest absolute Gasteiger partial charge is 0.338 e. The molecule has 0 spiro atoms. The molecule has 0 unspecified atom stereocenters. The van der Waals surface area contributed by atoms with Gasteiger partial charge in [0.15, 0.2) is 4.80 Å². The molecule has 222 valence electrons. The molecule has 3 heterocycles. The predicted octanol–water partition coefficient (Wildman–Crippen LogP) is 5.62. The molecule has 5 rings (SSSR count). The van der Waals surface area contributed by atoms with Gasteiger partial charge in [0.05, 0.1) is 45.6 Å². The number of carbonyl (C=O) groups excluding carboxylic acids is 1. The van der Waals surface area contributed by atoms with E-state index in [-0.39, 0.29) is 17.7 Å². The molecule has 2 aromatic heterocycles. The standard InChI is InChI=1S/C32H29BrN2O7S/c1-5-8-23-27(31(39)41-6-2)28(18-11-13-25(40-4)22(33)15-18)35-29(36)26(43-32(35)34-23)16-19-12-14-24(42-19)20-9-7-10-21(17(20)3)30(37)38/h7,9-16,28H,5-6,8H2,1-4H3,(H,37,38)/b26-16-/t28-/m0/s1. The van der Waals surface area contributed by atoms with Crippen molar-refractivity contribution in [3.8, 4) is 17.1 Å². The number of furan rings is 1. The first-order chi connectivity index (χ1) is 20.7. The lowest BCUT2D eigenvalue weighted by molar-refractivity contribution is -0.139. The number of halogens is 1. The second-order valence-corrected chi connectivity index (χ2v) is 11.7. The number of rotatable bonds is 9. The minimum Gasteiger partial charge on any atom is -0.496 e. The number of aromatic nitrogens is 1. The molecular formula is C32H29BrN2O7S. The zero-order valence-electron chi connectivity index (χ0n) is 24.0. The molecule has 1 N–H and O–H groups in total. The number of aromatic carboxylic acids is 1. The number of allylic oxidation sites excluding steroid dienone is 1. The molecule has 0 aliphatic carbocycles. The lowest BCUT2D eigenvalue weighted by Gasteiger charge is -2.26. The van der Waals surface area contributed by atoms with Crippen molar-refractivity contribution < 1.29 is 28.6 Å². The number of nitrogens with zero attached hydrogens (tertiary/aromatic N) is 2. The highest BCUT2D eigenvalue weighted by molar-refractivity contribution is 9.10. The Morgan fingerprint density at radius 1 is 1.19 bits per heavy atom. The number of ether oxygens (including phenoxy) is 2. The van der Waals surface area contributed by atoms with Crippen molar-refractivity contribution in [3.63, 3.8) is 0 Å². The van der Waals surface area contributed by atoms with Gasteiger partial charge < -0.3 is 19.0 Å². The number of carbonyl (C=O) groups is 2. The molecule has 0 fully saturated rings. The summed E-state index contributed by atoms with van der Waals surface area (Å²) in [5.74, 6) is -0.0202. The molecule has 1 aliphatic rings. The van der Waals surface area contributed by atoms with Gasteiger partial charge in [0.2, 0.25) is 0 Å². The summed E-state index contributed by atoms with van der Waals surface area (Å²) in [6, 6.07) is 13.1. The van der Waals surface area contributed by atoms with Crippen LogP contribution in [0.3, 0.4) is 0 Å². The third kappa shape index (κ3) is 5.74. The molecule has 1 atom stereocenters. The minimum absolute atomic E-state index is 0.181. The van der Waals surface area contributed by atoms with Gasteiger partial charge in [-0.3, -0.25) is 9.36 Å². The zero-order valence-corrected chi connectivity index (χ0v) is 26.4. The Morgan fingerprint density at radius 3 is 2.65 bits per heavy atom. The Bertz CT molecular complexity index is 1950. The van der Waals surface area contributed by atoms with E-state index in [1.165, 1.54) is 15.9 Å². The topological polar surface area (TPSA) is 120 Å². The van der Waals surface area contributed by atoms with E-state index in [0.29, 0.717) is 65.5 Å². The Labute approximate surface area is 259 Å². The molecule has 0 amide bonds. The fraction of sp³-hybridized carbons (Fsp3) is 0.250. The summed E-state index contributed by atoms with van der Waals surface area (Å²) in [5.41, 5.74) is 2.69. The van der Waals surface area contributed by atoms with Crippen LogP contribution in [0.25, 0.3) is 17.4 Å². The Kier molecular flexibility index (Phi) is 8.84. The van der Waals surface area contributed by atoms with E-state index in [0.717, 1.165) is 6.42 Å². The Hall–Kier alpha value is -4.22. The Balaban J connectivity index is 1.67. The maximum atomic E-state index is 14.0. The van der Waals surface area contributed by atoms with Crippen molar-refractivity contribution in [1.82, 2.24) is 4.57 Å². The van der Waals surface area contributed by atoms with E-state index in [2.05, 4.69) is 15.9 Å². The number of benzene rings is 2. The van der Waals surface area contributed by atoms with Gasteiger partial charge in [-0.05, 0) is 77.7 Å². The van der Waals surface area contributed by atoms with Gasteiger partial charge in [-0.15, -0.1) is 0 Å². The molecule has 9 nitrogen and oxygen atoms in total. The van der Waals surface area contributed by atoms with Crippen molar-refractivity contribution in [1.29, 1.82) is 0 Å². The SMILES string of the molecule is CCCC1=C(C(=O)OCC)[C@H](c2ccc(OC)c(Br)c2)n2c(s/c(=C\c3ccc(-c4cccc(C(=O)O)c4C)o3)c2=O)=N1. The molecule has 11 heteroatoms. The van der Waals surface area contributed by atoms with E-state index in [1.54, 1.807) is 63.4 Å². The van der Waals surface area contributed by atoms with Crippen LogP contribution in [0.1, 0.15) is 60.0 Å². The summed E-state index contributed by atoms with van der Waals surface area (Å²) in [7, 11) is 1.57. The number of esters is 1. The fourth-order valence-corrected chi connectivity index (χ4v) is 6.69. The second kappa shape index (κ2) is 12.6. The van der Waals surface area contributed by atoms with Crippen LogP contribution in [0.2, 0.25) is 0 Å². The second-order valence-electron chi connectivity index (χ2n) is 9.79. The fourth-order valence-electron chi connectivity index (χ4n) is 5.13. The summed E-state index contributed by atoms with van der Waals surface area (Å²) in [4.78, 5) is 44.2. The first-order valence-electron chi connectivity index (χ1n) is 13.7. The summed E-state index contributed by atoms with van der Waals surface area (Å²) in [6.07, 6.45) is 2.91. The van der Waals surface area contributed by atoms with Crippen molar-refractivity contribution in [2.75, 3.05) is 13.7 Å². The third-order valence-corrected chi connectivity index (χ3v) is 8.72. The van der Waals surface area contributed by atoms with Gasteiger partial charge in [0, 0.05) is 11.6 Å². The monoisotopic (exact) mass is 664 g/mol. The molecule has 0 radical (unpaired) electrons. The minimum atomic E-state index is -1.02. The van der Waals surface area contributed by atoms with Crippen LogP contribution in [-0.4, -0.2) is 35.3 Å². The summed E-state index contributed by atoms with van der Waals surface area (Å²) in [5, 5.41) is 9.51. The maximum absolute atomic E-state index is 14.0. The number of thiazole rings is 1. The molecule has 0 saturated heterocycles. The van der Waals surface area contributed by atoms with Gasteiger partial charge in [-0.25, -0.2) is 14.6 Å². The van der Waals surface area contributed by atoms with E-state index >= 15 is 0 Å². The highest BCUT2D eigenvalue weighted by Crippen LogP contribution is 2.36. The van der Waals surface area contributed by atoms with E-state index in [1.807, 2.05) is 19.1 Å². The van der Waals surface area contributed by atoms with Crippen molar-refractivity contribution in [2.45, 2.75) is 39.7 Å². The van der Waals surface area contributed by atoms with Crippen LogP contribution in [-0.2, 0) is 9.53 Å². The van der Waals surface area contributed by atoms with Crippen LogP contribution in [0.5, 0.6) is 5.75 Å². The highest BCUT2D eigenvalue weighted by Gasteiger charge is 2.34. The summed E-state index contributed by atoms with van der Waals surface area (Å²) in [6.45, 7) is 5.65. The number of hydrogen-bond acceptors (Lipinski definition) is 8. The average molecular weight is 666 g/mol. The third-order valence-electron chi connectivity index (χ3n) is 7.11. The van der Waals surface area contributed by atoms with Gasteiger partial charge in [-0.1, -0.05) is 42.9 Å².